The molecule has 1 aromatic carbocycles. The lowest BCUT2D eigenvalue weighted by molar-refractivity contribution is -0.159. The van der Waals surface area contributed by atoms with Crippen LogP contribution in [0.1, 0.15) is 51.6 Å². The van der Waals surface area contributed by atoms with Gasteiger partial charge in [0.15, 0.2) is 5.01 Å². The van der Waals surface area contributed by atoms with Crippen LogP contribution in [0.2, 0.25) is 5.02 Å². The number of carbonyl (C=O) groups is 1. The molecule has 0 saturated heterocycles. The van der Waals surface area contributed by atoms with Crippen LogP contribution in [-0.4, -0.2) is 33.4 Å². The van der Waals surface area contributed by atoms with Crippen LogP contribution in [0.3, 0.4) is 0 Å². The molecule has 0 bridgehead atoms. The predicted molar refractivity (Wildman–Crippen MR) is 127 cm³/mol. The molecule has 1 atom stereocenters. The van der Waals surface area contributed by atoms with Gasteiger partial charge in [-0.2, -0.15) is 0 Å². The van der Waals surface area contributed by atoms with Crippen molar-refractivity contribution in [3.05, 3.63) is 50.8 Å². The molecular weight excluding hydrogens is 488 g/mol. The van der Waals surface area contributed by atoms with Gasteiger partial charge in [-0.3, -0.25) is 9.36 Å². The lowest BCUT2D eigenvalue weighted by atomic mass is 9.99. The van der Waals surface area contributed by atoms with Gasteiger partial charge in [-0.05, 0) is 51.0 Å². The smallest absolute Gasteiger partial charge is 0.329 e. The summed E-state index contributed by atoms with van der Waals surface area (Å²) in [6.07, 6.45) is -0.995. The molecule has 2 aromatic heterocycles. The molecule has 0 amide bonds. The number of hydrogen-bond acceptors (Lipinski definition) is 7. The Morgan fingerprint density at radius 3 is 2.44 bits per heavy atom. The van der Waals surface area contributed by atoms with Crippen LogP contribution in [-0.2, 0) is 9.53 Å². The van der Waals surface area contributed by atoms with Crippen molar-refractivity contribution in [3.63, 3.8) is 0 Å². The molecule has 182 valence electrons. The number of ether oxygens (including phenoxy) is 2. The highest BCUT2D eigenvalue weighted by Crippen LogP contribution is 2.40. The number of hydrogen-bond donors (Lipinski definition) is 0. The van der Waals surface area contributed by atoms with Crippen molar-refractivity contribution in [1.29, 1.82) is 0 Å². The van der Waals surface area contributed by atoms with Gasteiger partial charge in [-0.25, -0.2) is 13.6 Å². The van der Waals surface area contributed by atoms with Crippen molar-refractivity contribution in [1.82, 2.24) is 14.8 Å². The third-order valence-electron chi connectivity index (χ3n) is 4.79. The fourth-order valence-electron chi connectivity index (χ4n) is 3.35. The summed E-state index contributed by atoms with van der Waals surface area (Å²) in [6, 6.07) is 5.26. The van der Waals surface area contributed by atoms with Crippen LogP contribution in [0, 0.1) is 0 Å². The van der Waals surface area contributed by atoms with Crippen LogP contribution in [0.15, 0.2) is 35.3 Å². The largest absolute Gasteiger partial charge is 0.495 e. The molecule has 0 aliphatic heterocycles. The minimum Gasteiger partial charge on any atom is -0.495 e. The average Bonchev–Trinajstić information content (AvgIpc) is 3.24. The molecule has 3 aromatic rings. The summed E-state index contributed by atoms with van der Waals surface area (Å²) < 4.78 is 38.4. The van der Waals surface area contributed by atoms with E-state index in [-0.39, 0.29) is 10.8 Å². The molecule has 0 fully saturated rings. The third-order valence-corrected chi connectivity index (χ3v) is 5.99. The van der Waals surface area contributed by atoms with Crippen molar-refractivity contribution in [3.8, 4) is 27.4 Å². The monoisotopic (exact) mass is 511 g/mol. The maximum atomic E-state index is 13.1. The zero-order valence-corrected chi connectivity index (χ0v) is 20.8. The summed E-state index contributed by atoms with van der Waals surface area (Å²) in [5.74, 6) is -0.257. The summed E-state index contributed by atoms with van der Waals surface area (Å²) in [4.78, 5) is 25.8. The minimum atomic E-state index is -2.75. The van der Waals surface area contributed by atoms with Gasteiger partial charge in [-0.1, -0.05) is 29.9 Å². The van der Waals surface area contributed by atoms with E-state index in [9.17, 15) is 18.4 Å². The first-order chi connectivity index (χ1) is 15.9. The van der Waals surface area contributed by atoms with Crippen LogP contribution in [0.5, 0.6) is 5.75 Å². The Hall–Kier alpha value is -2.85. The van der Waals surface area contributed by atoms with Crippen LogP contribution < -0.4 is 10.3 Å². The number of rotatable bonds is 7. The molecule has 11 heteroatoms. The molecule has 1 unspecified atom stereocenters. The lowest BCUT2D eigenvalue weighted by Gasteiger charge is -2.25. The third kappa shape index (κ3) is 5.61. The highest BCUT2D eigenvalue weighted by molar-refractivity contribution is 7.14. The van der Waals surface area contributed by atoms with Crippen LogP contribution in [0.4, 0.5) is 8.78 Å². The maximum absolute atomic E-state index is 13.1. The molecule has 7 nitrogen and oxygen atoms in total. The van der Waals surface area contributed by atoms with Gasteiger partial charge in [0, 0.05) is 22.2 Å². The molecule has 2 heterocycles. The number of halogens is 3. The molecule has 0 N–H and O–H groups in total. The van der Waals surface area contributed by atoms with Gasteiger partial charge in [0.2, 0.25) is 0 Å². The summed E-state index contributed by atoms with van der Waals surface area (Å²) in [7, 11) is 1.42. The van der Waals surface area contributed by atoms with E-state index < -0.39 is 34.6 Å². The number of alkyl halides is 2. The quantitative estimate of drug-likeness (QED) is 0.366. The van der Waals surface area contributed by atoms with E-state index in [1.165, 1.54) is 23.9 Å². The number of carbonyl (C=O) groups excluding carboxylic acids is 1. The van der Waals surface area contributed by atoms with Gasteiger partial charge in [0.05, 0.1) is 13.3 Å². The summed E-state index contributed by atoms with van der Waals surface area (Å²) in [6.45, 7) is 7.01. The maximum Gasteiger partial charge on any atom is 0.329 e. The highest BCUT2D eigenvalue weighted by Gasteiger charge is 2.27. The Labute approximate surface area is 204 Å². The molecule has 34 heavy (non-hydrogen) atoms. The van der Waals surface area contributed by atoms with E-state index in [4.69, 9.17) is 21.1 Å². The molecule has 0 aliphatic rings. The Morgan fingerprint density at radius 1 is 1.18 bits per heavy atom. The van der Waals surface area contributed by atoms with Crippen LogP contribution >= 0.6 is 22.9 Å². The predicted octanol–water partition coefficient (Wildman–Crippen LogP) is 5.93. The minimum absolute atomic E-state index is 0.244. The number of esters is 1. The van der Waals surface area contributed by atoms with E-state index in [1.807, 2.05) is 0 Å². The second-order valence-electron chi connectivity index (χ2n) is 8.39. The standard InChI is InChI=1S/C23H24ClF2N3O4S/c1-6-16(22(31)33-23(2,3)4)29-11-17(32-5)15(10-18(29)30)14-9-12(24)7-8-13(14)20-27-28-21(34-20)19(25)26/h7-11,16,19H,6H2,1-5H3. The Morgan fingerprint density at radius 2 is 1.88 bits per heavy atom. The second kappa shape index (κ2) is 10.2. The zero-order chi connectivity index (χ0) is 25.2. The van der Waals surface area contributed by atoms with Gasteiger partial charge < -0.3 is 9.47 Å². The molecule has 0 saturated carbocycles. The normalized spacial score (nSPS) is 12.6. The molecule has 0 aliphatic carbocycles. The van der Waals surface area contributed by atoms with Crippen molar-refractivity contribution in [2.75, 3.05) is 7.11 Å². The highest BCUT2D eigenvalue weighted by atomic mass is 35.5. The van der Waals surface area contributed by atoms with Gasteiger partial charge >= 0.3 is 5.97 Å². The first kappa shape index (κ1) is 25.8. The summed E-state index contributed by atoms with van der Waals surface area (Å²) in [5, 5.41) is 7.61. The first-order valence-electron chi connectivity index (χ1n) is 10.4. The number of pyridine rings is 1. The molecule has 0 radical (unpaired) electrons. The molecular formula is C23H24ClF2N3O4S. The zero-order valence-electron chi connectivity index (χ0n) is 19.3. The van der Waals surface area contributed by atoms with E-state index in [1.54, 1.807) is 45.9 Å². The van der Waals surface area contributed by atoms with Crippen molar-refractivity contribution >= 4 is 28.9 Å². The SMILES string of the molecule is CCC(C(=O)OC(C)(C)C)n1cc(OC)c(-c2cc(Cl)ccc2-c2nnc(C(F)F)s2)cc1=O. The fourth-order valence-corrected chi connectivity index (χ4v) is 4.26. The number of methoxy groups -OCH3 is 1. The van der Waals surface area contributed by atoms with E-state index in [2.05, 4.69) is 10.2 Å². The van der Waals surface area contributed by atoms with Crippen LogP contribution in [0.25, 0.3) is 21.7 Å². The summed E-state index contributed by atoms with van der Waals surface area (Å²) in [5.41, 5.74) is 0.102. The fraction of sp³-hybridized carbons (Fsp3) is 0.391. The van der Waals surface area contributed by atoms with Crippen molar-refractivity contribution in [2.24, 2.45) is 0 Å². The summed E-state index contributed by atoms with van der Waals surface area (Å²) >= 11 is 6.96. The number of aromatic nitrogens is 3. The lowest BCUT2D eigenvalue weighted by Crippen LogP contribution is -2.34. The van der Waals surface area contributed by atoms with Gasteiger partial charge in [0.1, 0.15) is 22.4 Å². The van der Waals surface area contributed by atoms with Gasteiger partial charge in [-0.15, -0.1) is 10.2 Å². The Balaban J connectivity index is 2.15. The average molecular weight is 512 g/mol. The molecule has 3 rings (SSSR count). The van der Waals surface area contributed by atoms with Crippen molar-refractivity contribution in [2.45, 2.75) is 52.2 Å². The molecule has 0 spiro atoms. The number of nitrogens with zero attached hydrogens (tertiary/aromatic N) is 3. The topological polar surface area (TPSA) is 83.3 Å². The second-order valence-corrected chi connectivity index (χ2v) is 9.84. The van der Waals surface area contributed by atoms with E-state index in [0.29, 0.717) is 28.1 Å². The van der Waals surface area contributed by atoms with E-state index in [0.717, 1.165) is 11.3 Å². The number of benzene rings is 1. The first-order valence-corrected chi connectivity index (χ1v) is 11.6. The Kier molecular flexibility index (Phi) is 7.72. The van der Waals surface area contributed by atoms with Gasteiger partial charge in [0.25, 0.3) is 12.0 Å². The van der Waals surface area contributed by atoms with Crippen molar-refractivity contribution < 1.29 is 23.0 Å². The van der Waals surface area contributed by atoms with E-state index >= 15 is 0 Å². The Bertz CT molecular complexity index is 1250.